The van der Waals surface area contributed by atoms with E-state index in [1.807, 2.05) is 6.07 Å². The van der Waals surface area contributed by atoms with Gasteiger partial charge in [0.05, 0.1) is 17.9 Å². The summed E-state index contributed by atoms with van der Waals surface area (Å²) in [6.07, 6.45) is 1.63. The quantitative estimate of drug-likeness (QED) is 0.906. The van der Waals surface area contributed by atoms with Crippen molar-refractivity contribution in [1.29, 1.82) is 0 Å². The molecule has 0 aliphatic carbocycles. The second-order valence-electron chi connectivity index (χ2n) is 3.75. The molecule has 0 spiro atoms. The molecule has 4 nitrogen and oxygen atoms in total. The number of carbonyl (C=O) groups is 1. The first-order chi connectivity index (χ1) is 9.15. The Kier molecular flexibility index (Phi) is 4.30. The molecule has 0 atom stereocenters. The maximum Gasteiger partial charge on any atom is 0.319 e. The van der Waals surface area contributed by atoms with Gasteiger partial charge in [-0.15, -0.1) is 0 Å². The molecule has 0 aliphatic rings. The predicted molar refractivity (Wildman–Crippen MR) is 71.5 cm³/mol. The van der Waals surface area contributed by atoms with Gasteiger partial charge in [0.25, 0.3) is 0 Å². The number of hydrogen-bond acceptors (Lipinski definition) is 2. The molecule has 1 aromatic heterocycles. The van der Waals surface area contributed by atoms with Gasteiger partial charge >= 0.3 is 6.03 Å². The normalized spacial score (nSPS) is 10.0. The number of aromatic nitrogens is 1. The van der Waals surface area contributed by atoms with Crippen molar-refractivity contribution >= 4 is 23.3 Å². The highest BCUT2D eigenvalue weighted by Crippen LogP contribution is 2.18. The summed E-state index contributed by atoms with van der Waals surface area (Å²) in [7, 11) is 0. The second kappa shape index (κ2) is 6.15. The van der Waals surface area contributed by atoms with Crippen molar-refractivity contribution < 1.29 is 9.18 Å². The summed E-state index contributed by atoms with van der Waals surface area (Å²) in [6, 6.07) is 8.91. The van der Waals surface area contributed by atoms with Crippen LogP contribution < -0.4 is 10.6 Å². The van der Waals surface area contributed by atoms with E-state index in [1.165, 1.54) is 12.1 Å². The zero-order valence-electron chi connectivity index (χ0n) is 9.86. The third kappa shape index (κ3) is 3.93. The van der Waals surface area contributed by atoms with Gasteiger partial charge in [-0.25, -0.2) is 9.18 Å². The highest BCUT2D eigenvalue weighted by molar-refractivity contribution is 6.30. The summed E-state index contributed by atoms with van der Waals surface area (Å²) in [5, 5.41) is 5.25. The summed E-state index contributed by atoms with van der Waals surface area (Å²) in [6.45, 7) is 0.266. The number of carbonyl (C=O) groups excluding carboxylic acids is 1. The molecule has 6 heteroatoms. The van der Waals surface area contributed by atoms with E-state index < -0.39 is 11.8 Å². The highest BCUT2D eigenvalue weighted by atomic mass is 35.5. The molecule has 2 rings (SSSR count). The first-order valence-electron chi connectivity index (χ1n) is 5.55. The number of nitrogens with zero attached hydrogens (tertiary/aromatic N) is 1. The van der Waals surface area contributed by atoms with Crippen LogP contribution in [0.5, 0.6) is 0 Å². The monoisotopic (exact) mass is 279 g/mol. The van der Waals surface area contributed by atoms with Crippen LogP contribution in [0.3, 0.4) is 0 Å². The van der Waals surface area contributed by atoms with Gasteiger partial charge in [0.15, 0.2) is 0 Å². The maximum absolute atomic E-state index is 13.4. The Hall–Kier alpha value is -2.14. The number of hydrogen-bond donors (Lipinski definition) is 2. The molecule has 2 amide bonds. The lowest BCUT2D eigenvalue weighted by Gasteiger charge is -2.08. The summed E-state index contributed by atoms with van der Waals surface area (Å²) in [5.74, 6) is -0.583. The van der Waals surface area contributed by atoms with Crippen LogP contribution in [-0.4, -0.2) is 11.0 Å². The largest absolute Gasteiger partial charge is 0.332 e. The molecule has 0 radical (unpaired) electrons. The average molecular weight is 280 g/mol. The van der Waals surface area contributed by atoms with Gasteiger partial charge in [0.1, 0.15) is 5.82 Å². The first-order valence-corrected chi connectivity index (χ1v) is 5.93. The Bertz CT molecular complexity index is 577. The van der Waals surface area contributed by atoms with Gasteiger partial charge in [-0.3, -0.25) is 4.98 Å². The van der Waals surface area contributed by atoms with Gasteiger partial charge in [-0.1, -0.05) is 17.7 Å². The Labute approximate surface area is 114 Å². The number of anilines is 1. The molecule has 0 saturated heterocycles. The maximum atomic E-state index is 13.4. The average Bonchev–Trinajstić information content (AvgIpc) is 2.41. The van der Waals surface area contributed by atoms with E-state index in [9.17, 15) is 9.18 Å². The topological polar surface area (TPSA) is 54.0 Å². The SMILES string of the molecule is O=C(NCc1ccccn1)Nc1ccc(Cl)cc1F. The fourth-order valence-electron chi connectivity index (χ4n) is 1.43. The molecule has 98 valence electrons. The molecule has 0 saturated carbocycles. The fraction of sp³-hybridized carbons (Fsp3) is 0.0769. The Morgan fingerprint density at radius 1 is 1.32 bits per heavy atom. The molecule has 2 N–H and O–H groups in total. The van der Waals surface area contributed by atoms with Gasteiger partial charge in [0, 0.05) is 11.2 Å². The number of halogens is 2. The van der Waals surface area contributed by atoms with E-state index in [2.05, 4.69) is 15.6 Å². The van der Waals surface area contributed by atoms with Gasteiger partial charge < -0.3 is 10.6 Å². The third-order valence-electron chi connectivity index (χ3n) is 2.34. The molecule has 0 fully saturated rings. The van der Waals surface area contributed by atoms with Crippen molar-refractivity contribution in [2.24, 2.45) is 0 Å². The van der Waals surface area contributed by atoms with Crippen LogP contribution in [0.1, 0.15) is 5.69 Å². The van der Waals surface area contributed by atoms with E-state index in [4.69, 9.17) is 11.6 Å². The van der Waals surface area contributed by atoms with E-state index in [0.29, 0.717) is 5.69 Å². The van der Waals surface area contributed by atoms with Crippen LogP contribution in [-0.2, 0) is 6.54 Å². The molecule has 0 unspecified atom stereocenters. The zero-order valence-corrected chi connectivity index (χ0v) is 10.6. The lowest BCUT2D eigenvalue weighted by Crippen LogP contribution is -2.28. The summed E-state index contributed by atoms with van der Waals surface area (Å²) >= 11 is 5.62. The molecule has 0 aliphatic heterocycles. The third-order valence-corrected chi connectivity index (χ3v) is 2.57. The van der Waals surface area contributed by atoms with Crippen LogP contribution in [0, 0.1) is 5.82 Å². The summed E-state index contributed by atoms with van der Waals surface area (Å²) in [5.41, 5.74) is 0.789. The van der Waals surface area contributed by atoms with Crippen molar-refractivity contribution in [2.75, 3.05) is 5.32 Å². The number of urea groups is 1. The predicted octanol–water partition coefficient (Wildman–Crippen LogP) is 3.20. The van der Waals surface area contributed by atoms with Crippen LogP contribution in [0.25, 0.3) is 0 Å². The second-order valence-corrected chi connectivity index (χ2v) is 4.19. The number of nitrogens with one attached hydrogen (secondary N) is 2. The van der Waals surface area contributed by atoms with Gasteiger partial charge in [-0.05, 0) is 30.3 Å². The Balaban J connectivity index is 1.91. The van der Waals surface area contributed by atoms with E-state index in [-0.39, 0.29) is 17.3 Å². The van der Waals surface area contributed by atoms with Crippen molar-refractivity contribution in [3.05, 3.63) is 59.1 Å². The minimum Gasteiger partial charge on any atom is -0.332 e. The number of benzene rings is 1. The van der Waals surface area contributed by atoms with Crippen molar-refractivity contribution in [3.63, 3.8) is 0 Å². The van der Waals surface area contributed by atoms with Gasteiger partial charge in [0.2, 0.25) is 0 Å². The molecule has 1 aromatic carbocycles. The van der Waals surface area contributed by atoms with Crippen molar-refractivity contribution in [2.45, 2.75) is 6.54 Å². The van der Waals surface area contributed by atoms with Gasteiger partial charge in [-0.2, -0.15) is 0 Å². The molecular weight excluding hydrogens is 269 g/mol. The summed E-state index contributed by atoms with van der Waals surface area (Å²) in [4.78, 5) is 15.6. The Morgan fingerprint density at radius 3 is 2.84 bits per heavy atom. The van der Waals surface area contributed by atoms with Crippen LogP contribution in [0.4, 0.5) is 14.9 Å². The van der Waals surface area contributed by atoms with Crippen molar-refractivity contribution in [1.82, 2.24) is 10.3 Å². The molecule has 2 aromatic rings. The number of amides is 2. The van der Waals surface area contributed by atoms with E-state index in [0.717, 1.165) is 6.07 Å². The molecule has 19 heavy (non-hydrogen) atoms. The minimum atomic E-state index is -0.583. The van der Waals surface area contributed by atoms with Crippen LogP contribution >= 0.6 is 11.6 Å². The first kappa shape index (κ1) is 13.3. The number of rotatable bonds is 3. The molecular formula is C13H11ClFN3O. The standard InChI is InChI=1S/C13H11ClFN3O/c14-9-4-5-12(11(15)7-9)18-13(19)17-8-10-3-1-2-6-16-10/h1-7H,8H2,(H2,17,18,19). The molecule has 1 heterocycles. The van der Waals surface area contributed by atoms with E-state index >= 15 is 0 Å². The summed E-state index contributed by atoms with van der Waals surface area (Å²) < 4.78 is 13.4. The fourth-order valence-corrected chi connectivity index (χ4v) is 1.59. The molecule has 0 bridgehead atoms. The van der Waals surface area contributed by atoms with Crippen LogP contribution in [0.2, 0.25) is 5.02 Å². The van der Waals surface area contributed by atoms with E-state index in [1.54, 1.807) is 18.3 Å². The number of pyridine rings is 1. The van der Waals surface area contributed by atoms with Crippen LogP contribution in [0.15, 0.2) is 42.6 Å². The van der Waals surface area contributed by atoms with Crippen molar-refractivity contribution in [3.8, 4) is 0 Å². The zero-order chi connectivity index (χ0) is 13.7. The Morgan fingerprint density at radius 2 is 2.16 bits per heavy atom. The smallest absolute Gasteiger partial charge is 0.319 e. The highest BCUT2D eigenvalue weighted by Gasteiger charge is 2.07. The lowest BCUT2D eigenvalue weighted by atomic mass is 10.3. The lowest BCUT2D eigenvalue weighted by molar-refractivity contribution is 0.251. The minimum absolute atomic E-state index is 0.0721.